The zero-order chi connectivity index (χ0) is 22.5. The van der Waals surface area contributed by atoms with Crippen molar-refractivity contribution in [2.24, 2.45) is 0 Å². The first-order valence-corrected chi connectivity index (χ1v) is 10.7. The minimum Gasteiger partial charge on any atom is -0.497 e. The van der Waals surface area contributed by atoms with E-state index in [1.165, 1.54) is 19.5 Å². The number of hydrogen-bond donors (Lipinski definition) is 1. The van der Waals surface area contributed by atoms with Crippen molar-refractivity contribution < 1.29 is 13.9 Å². The molecule has 168 valence electrons. The van der Waals surface area contributed by atoms with Gasteiger partial charge in [-0.2, -0.15) is 0 Å². The van der Waals surface area contributed by atoms with Gasteiger partial charge < -0.3 is 10.1 Å². The summed E-state index contributed by atoms with van der Waals surface area (Å²) in [5, 5.41) is 15.1. The minimum atomic E-state index is -0.426. The van der Waals surface area contributed by atoms with Crippen LogP contribution in [0.3, 0.4) is 0 Å². The molecule has 4 rings (SSSR count). The summed E-state index contributed by atoms with van der Waals surface area (Å²) in [5.74, 6) is -0.0126. The summed E-state index contributed by atoms with van der Waals surface area (Å²) in [6, 6.07) is 11.8. The van der Waals surface area contributed by atoms with E-state index < -0.39 is 6.04 Å². The van der Waals surface area contributed by atoms with Crippen LogP contribution in [-0.2, 0) is 17.8 Å². The molecular weight excluding hydrogens is 435 g/mol. The van der Waals surface area contributed by atoms with E-state index >= 15 is 0 Å². The van der Waals surface area contributed by atoms with Crippen molar-refractivity contribution in [3.63, 3.8) is 0 Å². The lowest BCUT2D eigenvalue weighted by Crippen LogP contribution is -2.43. The number of tetrazole rings is 1. The maximum atomic E-state index is 14.6. The predicted molar refractivity (Wildman–Crippen MR) is 117 cm³/mol. The van der Waals surface area contributed by atoms with Crippen molar-refractivity contribution >= 4 is 17.5 Å². The van der Waals surface area contributed by atoms with E-state index in [1.54, 1.807) is 16.8 Å². The van der Waals surface area contributed by atoms with Crippen LogP contribution in [0.2, 0.25) is 5.02 Å². The number of ether oxygens (including phenoxy) is 1. The average Bonchev–Trinajstić information content (AvgIpc) is 3.45. The van der Waals surface area contributed by atoms with Crippen molar-refractivity contribution in [3.05, 3.63) is 70.8 Å². The van der Waals surface area contributed by atoms with Gasteiger partial charge in [0.2, 0.25) is 5.91 Å². The first-order chi connectivity index (χ1) is 15.5. The Morgan fingerprint density at radius 1 is 1.31 bits per heavy atom. The van der Waals surface area contributed by atoms with Crippen LogP contribution in [0.5, 0.6) is 5.75 Å². The van der Waals surface area contributed by atoms with Gasteiger partial charge in [0.1, 0.15) is 17.9 Å². The van der Waals surface area contributed by atoms with Gasteiger partial charge in [0, 0.05) is 36.3 Å². The molecule has 2 heterocycles. The lowest BCUT2D eigenvalue weighted by molar-refractivity contribution is -0.125. The highest BCUT2D eigenvalue weighted by Crippen LogP contribution is 2.29. The number of halogens is 2. The predicted octanol–water partition coefficient (Wildman–Crippen LogP) is 2.65. The number of nitrogens with zero attached hydrogens (tertiary/aromatic N) is 5. The van der Waals surface area contributed by atoms with Gasteiger partial charge in [-0.25, -0.2) is 9.07 Å². The molecular formula is C22H24ClFN6O2. The number of benzene rings is 2. The molecule has 1 amide bonds. The number of likely N-dealkylation sites (tertiary alicyclic amines) is 1. The van der Waals surface area contributed by atoms with Crippen LogP contribution in [0.25, 0.3) is 0 Å². The Labute approximate surface area is 190 Å². The van der Waals surface area contributed by atoms with Crippen LogP contribution < -0.4 is 10.1 Å². The molecule has 1 aliphatic rings. The molecule has 2 aromatic carbocycles. The normalized spacial score (nSPS) is 18.6. The highest BCUT2D eigenvalue weighted by molar-refractivity contribution is 6.30. The molecule has 1 aromatic heterocycles. The Bertz CT molecular complexity index is 1060. The Kier molecular flexibility index (Phi) is 6.96. The Balaban J connectivity index is 1.44. The second kappa shape index (κ2) is 10.1. The summed E-state index contributed by atoms with van der Waals surface area (Å²) < 4.78 is 21.3. The van der Waals surface area contributed by atoms with Crippen LogP contribution in [-0.4, -0.2) is 57.3 Å². The molecule has 0 spiro atoms. The zero-order valence-electron chi connectivity index (χ0n) is 17.6. The minimum absolute atomic E-state index is 0.0741. The van der Waals surface area contributed by atoms with Gasteiger partial charge in [-0.1, -0.05) is 29.8 Å². The topological polar surface area (TPSA) is 85.2 Å². The summed E-state index contributed by atoms with van der Waals surface area (Å²) in [4.78, 5) is 15.0. The third kappa shape index (κ3) is 5.23. The molecule has 2 atom stereocenters. The van der Waals surface area contributed by atoms with E-state index in [1.807, 2.05) is 29.2 Å². The van der Waals surface area contributed by atoms with E-state index in [9.17, 15) is 9.18 Å². The summed E-state index contributed by atoms with van der Waals surface area (Å²) in [7, 11) is 1.50. The number of hydrogen-bond acceptors (Lipinski definition) is 6. The number of nitrogens with one attached hydrogen (secondary N) is 1. The van der Waals surface area contributed by atoms with Crippen LogP contribution in [0.4, 0.5) is 4.39 Å². The number of carbonyl (C=O) groups is 1. The van der Waals surface area contributed by atoms with Gasteiger partial charge in [0.25, 0.3) is 0 Å². The quantitative estimate of drug-likeness (QED) is 0.558. The largest absolute Gasteiger partial charge is 0.497 e. The van der Waals surface area contributed by atoms with Gasteiger partial charge in [-0.15, -0.1) is 5.10 Å². The van der Waals surface area contributed by atoms with Crippen LogP contribution in [0, 0.1) is 5.82 Å². The molecule has 0 aliphatic carbocycles. The van der Waals surface area contributed by atoms with Crippen molar-refractivity contribution in [1.29, 1.82) is 0 Å². The van der Waals surface area contributed by atoms with E-state index in [0.717, 1.165) is 5.56 Å². The van der Waals surface area contributed by atoms with E-state index in [-0.39, 0.29) is 17.8 Å². The van der Waals surface area contributed by atoms with Crippen LogP contribution in [0.1, 0.15) is 23.6 Å². The lowest BCUT2D eigenvalue weighted by Gasteiger charge is -2.24. The Morgan fingerprint density at radius 2 is 2.19 bits per heavy atom. The summed E-state index contributed by atoms with van der Waals surface area (Å²) >= 11 is 6.03. The number of methoxy groups -OCH3 is 1. The van der Waals surface area contributed by atoms with Crippen molar-refractivity contribution in [1.82, 2.24) is 30.4 Å². The molecule has 1 saturated heterocycles. The Morgan fingerprint density at radius 3 is 2.91 bits per heavy atom. The first-order valence-electron chi connectivity index (χ1n) is 10.3. The van der Waals surface area contributed by atoms with Gasteiger partial charge in [-0.05, 0) is 47.0 Å². The third-order valence-electron chi connectivity index (χ3n) is 5.66. The fourth-order valence-electron chi connectivity index (χ4n) is 4.00. The number of aromatic nitrogens is 4. The zero-order valence-corrected chi connectivity index (χ0v) is 18.4. The van der Waals surface area contributed by atoms with Crippen LogP contribution >= 0.6 is 11.6 Å². The molecule has 3 aromatic rings. The number of carbonyl (C=O) groups excluding carboxylic acids is 1. The van der Waals surface area contributed by atoms with Crippen molar-refractivity contribution in [2.45, 2.75) is 31.5 Å². The molecule has 32 heavy (non-hydrogen) atoms. The lowest BCUT2D eigenvalue weighted by atomic mass is 10.1. The second-order valence-electron chi connectivity index (χ2n) is 7.75. The third-order valence-corrected chi connectivity index (χ3v) is 5.89. The standard InChI is InChI=1S/C22H24ClFN6O2/c1-32-19-6-5-16(20(24)11-19)12-29-13-18(30-14-26-27-28-30)10-21(29)22(31)25-8-7-15-3-2-4-17(23)9-15/h2-6,9,11,14,18,21H,7-8,10,12-13H2,1H3,(H,25,31)/t18-,21+/m1/s1. The first kappa shape index (κ1) is 22.2. The molecule has 1 fully saturated rings. The fraction of sp³-hybridized carbons (Fsp3) is 0.364. The molecule has 10 heteroatoms. The summed E-state index contributed by atoms with van der Waals surface area (Å²) in [5.41, 5.74) is 1.55. The number of rotatable bonds is 8. The summed E-state index contributed by atoms with van der Waals surface area (Å²) in [6.45, 7) is 1.31. The fourth-order valence-corrected chi connectivity index (χ4v) is 4.21. The highest BCUT2D eigenvalue weighted by atomic mass is 35.5. The van der Waals surface area contributed by atoms with Crippen LogP contribution in [0.15, 0.2) is 48.8 Å². The van der Waals surface area contributed by atoms with Crippen molar-refractivity contribution in [3.8, 4) is 5.75 Å². The van der Waals surface area contributed by atoms with Gasteiger partial charge in [-0.3, -0.25) is 9.69 Å². The monoisotopic (exact) mass is 458 g/mol. The SMILES string of the molecule is COc1ccc(CN2C[C@H](n3cnnn3)C[C@H]2C(=O)NCCc2cccc(Cl)c2)c(F)c1. The molecule has 8 nitrogen and oxygen atoms in total. The molecule has 0 unspecified atom stereocenters. The van der Waals surface area contributed by atoms with Gasteiger partial charge in [0.15, 0.2) is 0 Å². The van der Waals surface area contributed by atoms with Gasteiger partial charge >= 0.3 is 0 Å². The average molecular weight is 459 g/mol. The maximum Gasteiger partial charge on any atom is 0.237 e. The smallest absolute Gasteiger partial charge is 0.237 e. The van der Waals surface area contributed by atoms with Gasteiger partial charge in [0.05, 0.1) is 19.2 Å². The number of amides is 1. The Hall–Kier alpha value is -3.04. The van der Waals surface area contributed by atoms with E-state index in [0.29, 0.717) is 48.8 Å². The molecule has 1 aliphatic heterocycles. The highest BCUT2D eigenvalue weighted by Gasteiger charge is 2.38. The molecule has 0 bridgehead atoms. The molecule has 0 radical (unpaired) electrons. The maximum absolute atomic E-state index is 14.6. The van der Waals surface area contributed by atoms with Crippen molar-refractivity contribution in [2.75, 3.05) is 20.2 Å². The summed E-state index contributed by atoms with van der Waals surface area (Å²) in [6.07, 6.45) is 2.74. The van der Waals surface area contributed by atoms with E-state index in [2.05, 4.69) is 20.8 Å². The second-order valence-corrected chi connectivity index (χ2v) is 8.19. The van der Waals surface area contributed by atoms with E-state index in [4.69, 9.17) is 16.3 Å². The molecule has 0 saturated carbocycles. The molecule has 1 N–H and O–H groups in total.